The van der Waals surface area contributed by atoms with Crippen molar-refractivity contribution in [1.29, 1.82) is 0 Å². The molecule has 0 saturated carbocycles. The van der Waals surface area contributed by atoms with E-state index in [0.717, 1.165) is 11.3 Å². The topological polar surface area (TPSA) is 76.7 Å². The fourth-order valence-corrected chi connectivity index (χ4v) is 2.21. The fraction of sp³-hybridized carbons (Fsp3) is 0.263. The molecule has 6 nitrogen and oxygen atoms in total. The zero-order chi connectivity index (χ0) is 18.1. The Labute approximate surface area is 147 Å². The maximum absolute atomic E-state index is 11.9. The highest BCUT2D eigenvalue weighted by molar-refractivity contribution is 5.88. The number of nitrogens with one attached hydrogen (secondary N) is 2. The van der Waals surface area contributed by atoms with Crippen LogP contribution in [0.4, 0.5) is 5.69 Å². The summed E-state index contributed by atoms with van der Waals surface area (Å²) in [5, 5.41) is 5.50. The number of anilines is 1. The molecule has 25 heavy (non-hydrogen) atoms. The monoisotopic (exact) mass is 342 g/mol. The van der Waals surface area contributed by atoms with E-state index in [4.69, 9.17) is 9.47 Å². The number of rotatable bonds is 8. The molecule has 0 bridgehead atoms. The Bertz CT molecular complexity index is 714. The molecule has 6 heteroatoms. The second-order valence-electron chi connectivity index (χ2n) is 5.43. The van der Waals surface area contributed by atoms with Crippen LogP contribution in [0.2, 0.25) is 0 Å². The average Bonchev–Trinajstić information content (AvgIpc) is 2.60. The lowest BCUT2D eigenvalue weighted by Gasteiger charge is -2.09. The van der Waals surface area contributed by atoms with Crippen molar-refractivity contribution in [3.8, 4) is 11.5 Å². The van der Waals surface area contributed by atoms with E-state index in [2.05, 4.69) is 10.6 Å². The maximum Gasteiger partial charge on any atom is 0.224 e. The van der Waals surface area contributed by atoms with Crippen molar-refractivity contribution >= 4 is 17.5 Å². The highest BCUT2D eigenvalue weighted by Crippen LogP contribution is 2.18. The van der Waals surface area contributed by atoms with E-state index in [1.54, 1.807) is 25.3 Å². The number of hydrogen-bond donors (Lipinski definition) is 2. The van der Waals surface area contributed by atoms with Gasteiger partial charge in [0.05, 0.1) is 20.1 Å². The highest BCUT2D eigenvalue weighted by Gasteiger charge is 2.04. The second kappa shape index (κ2) is 9.32. The largest absolute Gasteiger partial charge is 0.497 e. The van der Waals surface area contributed by atoms with Crippen molar-refractivity contribution in [3.63, 3.8) is 0 Å². The Balaban J connectivity index is 1.70. The van der Waals surface area contributed by atoms with Gasteiger partial charge in [-0.05, 0) is 29.8 Å². The Hall–Kier alpha value is -3.02. The molecular weight excluding hydrogens is 320 g/mol. The van der Waals surface area contributed by atoms with Crippen LogP contribution >= 0.6 is 0 Å². The third kappa shape index (κ3) is 6.55. The van der Waals surface area contributed by atoms with Gasteiger partial charge in [-0.25, -0.2) is 0 Å². The van der Waals surface area contributed by atoms with E-state index < -0.39 is 0 Å². The summed E-state index contributed by atoms with van der Waals surface area (Å²) in [5.74, 6) is 1.22. The molecule has 0 radical (unpaired) electrons. The third-order valence-corrected chi connectivity index (χ3v) is 3.37. The van der Waals surface area contributed by atoms with Crippen LogP contribution < -0.4 is 20.1 Å². The molecule has 0 aliphatic rings. The van der Waals surface area contributed by atoms with Gasteiger partial charge in [0.1, 0.15) is 18.1 Å². The molecule has 132 valence electrons. The van der Waals surface area contributed by atoms with E-state index in [0.29, 0.717) is 24.6 Å². The molecule has 0 aliphatic carbocycles. The first-order chi connectivity index (χ1) is 12.1. The van der Waals surface area contributed by atoms with Crippen LogP contribution in [0.1, 0.15) is 12.5 Å². The Morgan fingerprint density at radius 1 is 1.04 bits per heavy atom. The third-order valence-electron chi connectivity index (χ3n) is 3.37. The van der Waals surface area contributed by atoms with Crippen molar-refractivity contribution in [1.82, 2.24) is 5.32 Å². The van der Waals surface area contributed by atoms with Gasteiger partial charge < -0.3 is 20.1 Å². The second-order valence-corrected chi connectivity index (χ2v) is 5.43. The lowest BCUT2D eigenvalue weighted by molar-refractivity contribution is -0.120. The molecule has 0 spiro atoms. The molecule has 2 aromatic rings. The zero-order valence-electron chi connectivity index (χ0n) is 14.4. The minimum atomic E-state index is -0.124. The van der Waals surface area contributed by atoms with Crippen molar-refractivity contribution < 1.29 is 19.1 Å². The number of carbonyl (C=O) groups is 2. The van der Waals surface area contributed by atoms with Gasteiger partial charge in [-0.3, -0.25) is 9.59 Å². The molecule has 2 rings (SSSR count). The van der Waals surface area contributed by atoms with Crippen LogP contribution in [-0.4, -0.2) is 32.1 Å². The van der Waals surface area contributed by atoms with E-state index in [-0.39, 0.29) is 18.2 Å². The zero-order valence-corrected chi connectivity index (χ0v) is 14.4. The number of ether oxygens (including phenoxy) is 2. The average molecular weight is 342 g/mol. The summed E-state index contributed by atoms with van der Waals surface area (Å²) in [6.07, 6.45) is 0.277. The van der Waals surface area contributed by atoms with E-state index >= 15 is 0 Å². The lowest BCUT2D eigenvalue weighted by Crippen LogP contribution is -2.29. The summed E-state index contributed by atoms with van der Waals surface area (Å²) < 4.78 is 10.7. The van der Waals surface area contributed by atoms with Crippen LogP contribution in [0.3, 0.4) is 0 Å². The lowest BCUT2D eigenvalue weighted by atomic mass is 10.1. The summed E-state index contributed by atoms with van der Waals surface area (Å²) >= 11 is 0. The van der Waals surface area contributed by atoms with Gasteiger partial charge in [-0.1, -0.05) is 18.2 Å². The molecule has 0 aliphatic heterocycles. The van der Waals surface area contributed by atoms with Crippen LogP contribution in [0.5, 0.6) is 11.5 Å². The Morgan fingerprint density at radius 2 is 1.76 bits per heavy atom. The summed E-state index contributed by atoms with van der Waals surface area (Å²) in [6.45, 7) is 2.25. The van der Waals surface area contributed by atoms with Gasteiger partial charge in [-0.2, -0.15) is 0 Å². The normalized spacial score (nSPS) is 10.0. The van der Waals surface area contributed by atoms with Gasteiger partial charge in [0.2, 0.25) is 11.8 Å². The first-order valence-electron chi connectivity index (χ1n) is 7.97. The first kappa shape index (κ1) is 18.3. The number of methoxy groups -OCH3 is 1. The maximum atomic E-state index is 11.9. The van der Waals surface area contributed by atoms with Crippen LogP contribution in [-0.2, 0) is 16.0 Å². The molecule has 0 fully saturated rings. The number of carbonyl (C=O) groups excluding carboxylic acids is 2. The molecule has 0 atom stereocenters. The Morgan fingerprint density at radius 3 is 2.44 bits per heavy atom. The van der Waals surface area contributed by atoms with Crippen LogP contribution in [0.25, 0.3) is 0 Å². The molecule has 2 amide bonds. The summed E-state index contributed by atoms with van der Waals surface area (Å²) in [4.78, 5) is 22.9. The van der Waals surface area contributed by atoms with E-state index in [1.165, 1.54) is 6.92 Å². The van der Waals surface area contributed by atoms with Gasteiger partial charge in [0, 0.05) is 18.7 Å². The standard InChI is InChI=1S/C19H22N2O4/c1-14(22)21-16-8-6-15(7-9-16)12-19(23)20-10-11-25-18-5-3-4-17(13-18)24-2/h3-9,13H,10-12H2,1-2H3,(H,20,23)(H,21,22). The molecule has 2 N–H and O–H groups in total. The number of benzene rings is 2. The SMILES string of the molecule is COc1cccc(OCCNC(=O)Cc2ccc(NC(C)=O)cc2)c1. The number of amides is 2. The molecular formula is C19H22N2O4. The van der Waals surface area contributed by atoms with Crippen molar-refractivity contribution in [3.05, 3.63) is 54.1 Å². The predicted molar refractivity (Wildman–Crippen MR) is 95.9 cm³/mol. The molecule has 0 heterocycles. The molecule has 0 saturated heterocycles. The fourth-order valence-electron chi connectivity index (χ4n) is 2.21. The van der Waals surface area contributed by atoms with E-state index in [9.17, 15) is 9.59 Å². The molecule has 0 unspecified atom stereocenters. The first-order valence-corrected chi connectivity index (χ1v) is 7.97. The van der Waals surface area contributed by atoms with Crippen molar-refractivity contribution in [2.45, 2.75) is 13.3 Å². The van der Waals surface area contributed by atoms with Gasteiger partial charge in [0.15, 0.2) is 0 Å². The highest BCUT2D eigenvalue weighted by atomic mass is 16.5. The summed E-state index contributed by atoms with van der Waals surface area (Å²) in [6, 6.07) is 14.5. The minimum Gasteiger partial charge on any atom is -0.497 e. The summed E-state index contributed by atoms with van der Waals surface area (Å²) in [5.41, 5.74) is 1.59. The van der Waals surface area contributed by atoms with Gasteiger partial charge in [0.25, 0.3) is 0 Å². The quantitative estimate of drug-likeness (QED) is 0.722. The van der Waals surface area contributed by atoms with Crippen LogP contribution in [0.15, 0.2) is 48.5 Å². The minimum absolute atomic E-state index is 0.0819. The molecule has 0 aromatic heterocycles. The molecule has 2 aromatic carbocycles. The van der Waals surface area contributed by atoms with Gasteiger partial charge >= 0.3 is 0 Å². The number of hydrogen-bond acceptors (Lipinski definition) is 4. The van der Waals surface area contributed by atoms with E-state index in [1.807, 2.05) is 30.3 Å². The summed E-state index contributed by atoms with van der Waals surface area (Å²) in [7, 11) is 1.60. The predicted octanol–water partition coefficient (Wildman–Crippen LogP) is 2.39. The van der Waals surface area contributed by atoms with Crippen LogP contribution in [0, 0.1) is 0 Å². The smallest absolute Gasteiger partial charge is 0.224 e. The Kier molecular flexibility index (Phi) is 6.83. The van der Waals surface area contributed by atoms with Gasteiger partial charge in [-0.15, -0.1) is 0 Å². The van der Waals surface area contributed by atoms with Crippen molar-refractivity contribution in [2.24, 2.45) is 0 Å². The van der Waals surface area contributed by atoms with Crippen molar-refractivity contribution in [2.75, 3.05) is 25.6 Å².